The maximum absolute atomic E-state index is 11.5. The van der Waals surface area contributed by atoms with Crippen LogP contribution in [-0.2, 0) is 4.79 Å². The van der Waals surface area contributed by atoms with Gasteiger partial charge in [0.15, 0.2) is 0 Å². The van der Waals surface area contributed by atoms with Crippen LogP contribution in [0, 0.1) is 5.92 Å². The summed E-state index contributed by atoms with van der Waals surface area (Å²) in [7, 11) is 0. The fourth-order valence-electron chi connectivity index (χ4n) is 1.79. The first-order valence-electron chi connectivity index (χ1n) is 5.09. The number of nitrogens with one attached hydrogen (secondary N) is 1. The van der Waals surface area contributed by atoms with Crippen molar-refractivity contribution in [3.8, 4) is 0 Å². The molecule has 0 heterocycles. The van der Waals surface area contributed by atoms with Gasteiger partial charge >= 0.3 is 0 Å². The molecule has 13 heavy (non-hydrogen) atoms. The van der Waals surface area contributed by atoms with E-state index < -0.39 is 5.60 Å². The molecule has 0 atom stereocenters. The van der Waals surface area contributed by atoms with Crippen LogP contribution < -0.4 is 5.32 Å². The lowest BCUT2D eigenvalue weighted by molar-refractivity contribution is -0.143. The molecule has 0 aromatic rings. The van der Waals surface area contributed by atoms with Gasteiger partial charge in [0.1, 0.15) is 5.60 Å². The minimum Gasteiger partial charge on any atom is -0.380 e. The van der Waals surface area contributed by atoms with Crippen molar-refractivity contribution in [2.45, 2.75) is 45.1 Å². The van der Waals surface area contributed by atoms with Crippen LogP contribution in [0.15, 0.2) is 0 Å². The maximum Gasteiger partial charge on any atom is 0.251 e. The second-order valence-corrected chi connectivity index (χ2v) is 4.07. The number of likely N-dealkylation sites (N-methyl/N-ethyl adjacent to an activating group) is 1. The van der Waals surface area contributed by atoms with E-state index in [1.54, 1.807) is 0 Å². The van der Waals surface area contributed by atoms with Gasteiger partial charge in [-0.05, 0) is 38.5 Å². The molecule has 0 radical (unpaired) electrons. The zero-order valence-corrected chi connectivity index (χ0v) is 8.47. The Bertz CT molecular complexity index is 183. The van der Waals surface area contributed by atoms with Crippen molar-refractivity contribution >= 4 is 5.91 Å². The van der Waals surface area contributed by atoms with E-state index in [2.05, 4.69) is 12.2 Å². The Morgan fingerprint density at radius 3 is 2.54 bits per heavy atom. The highest BCUT2D eigenvalue weighted by Gasteiger charge is 2.38. The molecule has 3 nitrogen and oxygen atoms in total. The van der Waals surface area contributed by atoms with E-state index in [-0.39, 0.29) is 5.91 Å². The molecule has 0 aliphatic heterocycles. The van der Waals surface area contributed by atoms with Crippen LogP contribution in [0.1, 0.15) is 39.5 Å². The molecule has 0 aromatic carbocycles. The van der Waals surface area contributed by atoms with Crippen molar-refractivity contribution in [1.29, 1.82) is 0 Å². The molecule has 1 aliphatic rings. The predicted molar refractivity (Wildman–Crippen MR) is 51.3 cm³/mol. The van der Waals surface area contributed by atoms with Gasteiger partial charge in [-0.3, -0.25) is 4.79 Å². The summed E-state index contributed by atoms with van der Waals surface area (Å²) >= 11 is 0. The van der Waals surface area contributed by atoms with E-state index in [4.69, 9.17) is 0 Å². The average molecular weight is 185 g/mol. The second-order valence-electron chi connectivity index (χ2n) is 4.07. The van der Waals surface area contributed by atoms with Crippen LogP contribution >= 0.6 is 0 Å². The molecule has 1 saturated carbocycles. The standard InChI is InChI=1S/C10H19NO2/c1-3-11-9(12)10(13)6-4-8(2)5-7-10/h8,13H,3-7H2,1-2H3,(H,11,12)/t8-,10-. The van der Waals surface area contributed by atoms with Crippen molar-refractivity contribution < 1.29 is 9.90 Å². The summed E-state index contributed by atoms with van der Waals surface area (Å²) in [6, 6.07) is 0. The summed E-state index contributed by atoms with van der Waals surface area (Å²) < 4.78 is 0. The van der Waals surface area contributed by atoms with E-state index in [1.807, 2.05) is 6.92 Å². The number of amides is 1. The molecule has 1 amide bonds. The Balaban J connectivity index is 2.51. The van der Waals surface area contributed by atoms with E-state index in [1.165, 1.54) is 0 Å². The van der Waals surface area contributed by atoms with Crippen LogP contribution in [0.4, 0.5) is 0 Å². The van der Waals surface area contributed by atoms with E-state index in [0.29, 0.717) is 25.3 Å². The van der Waals surface area contributed by atoms with Gasteiger partial charge in [-0.15, -0.1) is 0 Å². The Labute approximate surface area is 79.5 Å². The third-order valence-corrected chi connectivity index (χ3v) is 2.86. The van der Waals surface area contributed by atoms with E-state index in [9.17, 15) is 9.90 Å². The summed E-state index contributed by atoms with van der Waals surface area (Å²) in [6.07, 6.45) is 3.13. The summed E-state index contributed by atoms with van der Waals surface area (Å²) in [5.41, 5.74) is -1.08. The highest BCUT2D eigenvalue weighted by molar-refractivity contribution is 5.84. The number of hydrogen-bond acceptors (Lipinski definition) is 2. The first-order chi connectivity index (χ1) is 6.08. The largest absolute Gasteiger partial charge is 0.380 e. The normalized spacial score (nSPS) is 34.2. The van der Waals surface area contributed by atoms with Crippen LogP contribution in [-0.4, -0.2) is 23.2 Å². The van der Waals surface area contributed by atoms with Gasteiger partial charge in [-0.25, -0.2) is 0 Å². The van der Waals surface area contributed by atoms with Crippen LogP contribution in [0.5, 0.6) is 0 Å². The van der Waals surface area contributed by atoms with Gasteiger partial charge in [0, 0.05) is 6.54 Å². The first-order valence-corrected chi connectivity index (χ1v) is 5.09. The van der Waals surface area contributed by atoms with Crippen molar-refractivity contribution in [1.82, 2.24) is 5.32 Å². The summed E-state index contributed by atoms with van der Waals surface area (Å²) in [6.45, 7) is 4.63. The molecule has 0 spiro atoms. The number of carbonyl (C=O) groups is 1. The fraction of sp³-hybridized carbons (Fsp3) is 0.900. The average Bonchev–Trinajstić information content (AvgIpc) is 2.11. The fourth-order valence-corrected chi connectivity index (χ4v) is 1.79. The first kappa shape index (κ1) is 10.5. The second kappa shape index (κ2) is 4.09. The molecule has 1 aliphatic carbocycles. The maximum atomic E-state index is 11.5. The quantitative estimate of drug-likeness (QED) is 0.676. The van der Waals surface area contributed by atoms with Crippen molar-refractivity contribution in [2.24, 2.45) is 5.92 Å². The third-order valence-electron chi connectivity index (χ3n) is 2.86. The Hall–Kier alpha value is -0.570. The Morgan fingerprint density at radius 1 is 1.54 bits per heavy atom. The number of rotatable bonds is 2. The molecule has 2 N–H and O–H groups in total. The van der Waals surface area contributed by atoms with Gasteiger partial charge in [0.2, 0.25) is 0 Å². The molecule has 1 fully saturated rings. The number of carbonyl (C=O) groups excluding carboxylic acids is 1. The van der Waals surface area contributed by atoms with Crippen molar-refractivity contribution in [3.63, 3.8) is 0 Å². The number of hydrogen-bond donors (Lipinski definition) is 2. The van der Waals surface area contributed by atoms with Crippen molar-refractivity contribution in [2.75, 3.05) is 6.54 Å². The van der Waals surface area contributed by atoms with E-state index in [0.717, 1.165) is 12.8 Å². The molecule has 3 heteroatoms. The Morgan fingerprint density at radius 2 is 2.08 bits per heavy atom. The monoisotopic (exact) mass is 185 g/mol. The van der Waals surface area contributed by atoms with Crippen LogP contribution in [0.2, 0.25) is 0 Å². The van der Waals surface area contributed by atoms with Gasteiger partial charge in [0.05, 0.1) is 0 Å². The van der Waals surface area contributed by atoms with E-state index >= 15 is 0 Å². The minimum absolute atomic E-state index is 0.193. The third kappa shape index (κ3) is 2.44. The summed E-state index contributed by atoms with van der Waals surface area (Å²) in [4.78, 5) is 11.5. The van der Waals surface area contributed by atoms with Gasteiger partial charge in [-0.1, -0.05) is 6.92 Å². The Kier molecular flexibility index (Phi) is 3.31. The summed E-state index contributed by atoms with van der Waals surface area (Å²) in [5.74, 6) is 0.455. The van der Waals surface area contributed by atoms with Gasteiger partial charge < -0.3 is 10.4 Å². The predicted octanol–water partition coefficient (Wildman–Crippen LogP) is 1.06. The SMILES string of the molecule is CCNC(=O)[C@]1(O)CC[C@H](C)CC1. The molecule has 0 aromatic heterocycles. The molecule has 0 bridgehead atoms. The topological polar surface area (TPSA) is 49.3 Å². The molecule has 76 valence electrons. The smallest absolute Gasteiger partial charge is 0.251 e. The molecule has 0 saturated heterocycles. The zero-order valence-electron chi connectivity index (χ0n) is 8.47. The van der Waals surface area contributed by atoms with Crippen molar-refractivity contribution in [3.05, 3.63) is 0 Å². The van der Waals surface area contributed by atoms with Crippen LogP contribution in [0.3, 0.4) is 0 Å². The van der Waals surface area contributed by atoms with Gasteiger partial charge in [-0.2, -0.15) is 0 Å². The molecule has 1 rings (SSSR count). The number of aliphatic hydroxyl groups is 1. The zero-order chi connectivity index (χ0) is 9.90. The van der Waals surface area contributed by atoms with Gasteiger partial charge in [0.25, 0.3) is 5.91 Å². The lowest BCUT2D eigenvalue weighted by Crippen LogP contribution is -2.48. The lowest BCUT2D eigenvalue weighted by Gasteiger charge is -2.33. The molecule has 0 unspecified atom stereocenters. The molecular formula is C10H19NO2. The lowest BCUT2D eigenvalue weighted by atomic mass is 9.79. The highest BCUT2D eigenvalue weighted by Crippen LogP contribution is 2.31. The molecular weight excluding hydrogens is 166 g/mol. The minimum atomic E-state index is -1.08. The summed E-state index contributed by atoms with van der Waals surface area (Å²) in [5, 5.41) is 12.7. The van der Waals surface area contributed by atoms with Crippen LogP contribution in [0.25, 0.3) is 0 Å². The highest BCUT2D eigenvalue weighted by atomic mass is 16.3.